The normalized spacial score (nSPS) is 19.8. The van der Waals surface area contributed by atoms with Gasteiger partial charge >= 0.3 is 0 Å². The highest BCUT2D eigenvalue weighted by Gasteiger charge is 2.36. The number of hydrogen-bond acceptors (Lipinski definition) is 8. The predicted octanol–water partition coefficient (Wildman–Crippen LogP) is 2.24. The maximum absolute atomic E-state index is 13.2. The van der Waals surface area contributed by atoms with E-state index in [1.54, 1.807) is 0 Å². The van der Waals surface area contributed by atoms with E-state index in [1.165, 1.54) is 16.4 Å². The average Bonchev–Trinajstić information content (AvgIpc) is 3.14. The molecule has 11 nitrogen and oxygen atoms in total. The third-order valence-corrected chi connectivity index (χ3v) is 8.10. The lowest BCUT2D eigenvalue weighted by atomic mass is 9.86. The number of hydrogen-bond donors (Lipinski definition) is 2. The summed E-state index contributed by atoms with van der Waals surface area (Å²) in [5.41, 5.74) is 1.11. The summed E-state index contributed by atoms with van der Waals surface area (Å²) in [5.74, 6) is -0.465. The van der Waals surface area contributed by atoms with E-state index >= 15 is 0 Å². The number of nitrogens with zero attached hydrogens (tertiary/aromatic N) is 5. The number of pyridine rings is 1. The van der Waals surface area contributed by atoms with E-state index in [0.717, 1.165) is 24.8 Å². The Balaban J connectivity index is 1.49. The van der Waals surface area contributed by atoms with Crippen LogP contribution < -0.4 is 4.72 Å². The fourth-order valence-corrected chi connectivity index (χ4v) is 5.98. The number of halogens is 2. The molecule has 15 heteroatoms. The lowest BCUT2D eigenvalue weighted by Gasteiger charge is -2.35. The van der Waals surface area contributed by atoms with Gasteiger partial charge in [0.2, 0.25) is 26.0 Å². The van der Waals surface area contributed by atoms with Crippen molar-refractivity contribution in [3.8, 4) is 11.5 Å². The molecule has 0 amide bonds. The first-order valence-corrected chi connectivity index (χ1v) is 13.8. The second kappa shape index (κ2) is 9.17. The highest BCUT2D eigenvalue weighted by atomic mass is 35.5. The van der Waals surface area contributed by atoms with Crippen molar-refractivity contribution in [2.24, 2.45) is 5.92 Å². The van der Waals surface area contributed by atoms with Crippen LogP contribution in [0.15, 0.2) is 35.6 Å². The Bertz CT molecular complexity index is 1400. The zero-order chi connectivity index (χ0) is 24.7. The van der Waals surface area contributed by atoms with Gasteiger partial charge in [0.15, 0.2) is 11.0 Å². The highest BCUT2D eigenvalue weighted by Crippen LogP contribution is 2.37. The van der Waals surface area contributed by atoms with Crippen LogP contribution in [0.1, 0.15) is 25.0 Å². The van der Waals surface area contributed by atoms with Crippen molar-refractivity contribution >= 4 is 37.6 Å². The van der Waals surface area contributed by atoms with Gasteiger partial charge < -0.3 is 4.98 Å². The zero-order valence-electron chi connectivity index (χ0n) is 18.1. The molecule has 4 rings (SSSR count). The molecular weight excluding hydrogens is 509 g/mol. The highest BCUT2D eigenvalue weighted by molar-refractivity contribution is 7.92. The Morgan fingerprint density at radius 2 is 1.85 bits per heavy atom. The Morgan fingerprint density at radius 3 is 2.44 bits per heavy atom. The largest absolute Gasteiger partial charge is 0.339 e. The fourth-order valence-electron chi connectivity index (χ4n) is 3.82. The summed E-state index contributed by atoms with van der Waals surface area (Å²) in [6, 6.07) is 2.77. The van der Waals surface area contributed by atoms with Gasteiger partial charge in [-0.05, 0) is 24.5 Å². The summed E-state index contributed by atoms with van der Waals surface area (Å²) in [7, 11) is -7.47. The van der Waals surface area contributed by atoms with Crippen molar-refractivity contribution in [3.63, 3.8) is 0 Å². The first kappa shape index (κ1) is 24.4. The minimum atomic E-state index is -3.89. The quantitative estimate of drug-likeness (QED) is 0.493. The van der Waals surface area contributed by atoms with Gasteiger partial charge in [-0.25, -0.2) is 41.2 Å². The molecule has 1 aliphatic rings. The van der Waals surface area contributed by atoms with Crippen molar-refractivity contribution in [2.75, 3.05) is 24.1 Å². The zero-order valence-corrected chi connectivity index (χ0v) is 20.5. The number of anilines is 1. The number of aromatic nitrogens is 5. The molecule has 0 aromatic carbocycles. The number of nitrogens with one attached hydrogen (secondary N) is 2. The third-order valence-electron chi connectivity index (χ3n) is 5.44. The van der Waals surface area contributed by atoms with E-state index in [-0.39, 0.29) is 40.9 Å². The van der Waals surface area contributed by atoms with E-state index in [9.17, 15) is 21.2 Å². The van der Waals surface area contributed by atoms with Crippen molar-refractivity contribution in [2.45, 2.75) is 24.2 Å². The Labute approximate surface area is 200 Å². The first-order valence-electron chi connectivity index (χ1n) is 10.1. The van der Waals surface area contributed by atoms with Crippen LogP contribution in [-0.2, 0) is 20.0 Å². The predicted molar refractivity (Wildman–Crippen MR) is 123 cm³/mol. The number of aromatic amines is 1. The van der Waals surface area contributed by atoms with Gasteiger partial charge in [-0.15, -0.1) is 0 Å². The Kier molecular flexibility index (Phi) is 6.59. The number of H-pyrrole nitrogens is 1. The average molecular weight is 530 g/mol. The molecule has 0 radical (unpaired) electrons. The van der Waals surface area contributed by atoms with Crippen LogP contribution in [0.5, 0.6) is 0 Å². The maximum atomic E-state index is 13.2. The molecule has 1 aliphatic heterocycles. The molecule has 0 spiro atoms. The summed E-state index contributed by atoms with van der Waals surface area (Å²) >= 11 is 6.37. The molecule has 3 aromatic heterocycles. The summed E-state index contributed by atoms with van der Waals surface area (Å²) in [4.78, 5) is 18.9. The Morgan fingerprint density at radius 1 is 1.15 bits per heavy atom. The summed E-state index contributed by atoms with van der Waals surface area (Å²) in [6.45, 7) is 2.35. The number of piperidine rings is 1. The summed E-state index contributed by atoms with van der Waals surface area (Å²) in [6.07, 6.45) is 4.65. The molecule has 0 aliphatic carbocycles. The lowest BCUT2D eigenvalue weighted by Crippen LogP contribution is -2.42. The monoisotopic (exact) mass is 529 g/mol. The van der Waals surface area contributed by atoms with Crippen LogP contribution in [0.3, 0.4) is 0 Å². The molecule has 1 fully saturated rings. The number of imidazole rings is 1. The molecule has 0 saturated carbocycles. The first-order chi connectivity index (χ1) is 15.9. The van der Waals surface area contributed by atoms with Crippen LogP contribution in [0.2, 0.25) is 5.15 Å². The van der Waals surface area contributed by atoms with Crippen LogP contribution in [0, 0.1) is 11.7 Å². The van der Waals surface area contributed by atoms with Gasteiger partial charge in [0, 0.05) is 19.0 Å². The minimum absolute atomic E-state index is 0.0850. The van der Waals surface area contributed by atoms with E-state index in [4.69, 9.17) is 11.6 Å². The van der Waals surface area contributed by atoms with Gasteiger partial charge in [-0.3, -0.25) is 4.72 Å². The molecule has 0 unspecified atom stereocenters. The van der Waals surface area contributed by atoms with Crippen molar-refractivity contribution in [1.82, 2.24) is 29.2 Å². The number of sulfonamides is 2. The smallest absolute Gasteiger partial charge is 0.246 e. The van der Waals surface area contributed by atoms with E-state index < -0.39 is 25.9 Å². The van der Waals surface area contributed by atoms with Crippen molar-refractivity contribution in [1.29, 1.82) is 0 Å². The standard InChI is InChI=1S/C19H21ClFN7O4S2/c1-11-10-28(34(31,32)13-8-23-19(24-9-13)27-33(2,29)30)6-5-14(11)16-17(20)26-18(25-16)15-4-3-12(21)7-22-15/h3-4,7-9,11,14H,5-6,10H2,1-2H3,(H,25,26)(H,23,24,27)/t11-,14+/m0/s1. The van der Waals surface area contributed by atoms with Crippen LogP contribution in [-0.4, -0.2) is 65.4 Å². The van der Waals surface area contributed by atoms with Gasteiger partial charge in [-0.1, -0.05) is 18.5 Å². The third kappa shape index (κ3) is 5.19. The van der Waals surface area contributed by atoms with Gasteiger partial charge in [0.05, 0.1) is 30.5 Å². The van der Waals surface area contributed by atoms with E-state index in [1.807, 2.05) is 6.92 Å². The van der Waals surface area contributed by atoms with Crippen LogP contribution in [0.4, 0.5) is 10.3 Å². The van der Waals surface area contributed by atoms with Crippen LogP contribution in [0.25, 0.3) is 11.5 Å². The molecule has 0 bridgehead atoms. The summed E-state index contributed by atoms with van der Waals surface area (Å²) in [5, 5.41) is 0.261. The van der Waals surface area contributed by atoms with E-state index in [2.05, 4.69) is 29.6 Å². The molecule has 34 heavy (non-hydrogen) atoms. The molecule has 2 atom stereocenters. The molecule has 4 heterocycles. The molecule has 182 valence electrons. The van der Waals surface area contributed by atoms with Crippen molar-refractivity contribution in [3.05, 3.63) is 47.4 Å². The van der Waals surface area contributed by atoms with Gasteiger partial charge in [-0.2, -0.15) is 4.31 Å². The van der Waals surface area contributed by atoms with Gasteiger partial charge in [0.25, 0.3) is 0 Å². The topological polar surface area (TPSA) is 151 Å². The minimum Gasteiger partial charge on any atom is -0.339 e. The number of rotatable bonds is 6. The maximum Gasteiger partial charge on any atom is 0.246 e. The molecular formula is C19H21ClFN7O4S2. The lowest BCUT2D eigenvalue weighted by molar-refractivity contribution is 0.246. The SMILES string of the molecule is C[C@H]1CN(S(=O)(=O)c2cnc(NS(C)(=O)=O)nc2)CC[C@H]1c1[nH]c(-c2ccc(F)cn2)nc1Cl. The van der Waals surface area contributed by atoms with Crippen LogP contribution >= 0.6 is 11.6 Å². The molecule has 1 saturated heterocycles. The van der Waals surface area contributed by atoms with Crippen molar-refractivity contribution < 1.29 is 21.2 Å². The Hall–Kier alpha value is -2.68. The van der Waals surface area contributed by atoms with E-state index in [0.29, 0.717) is 23.6 Å². The second-order valence-electron chi connectivity index (χ2n) is 8.00. The fraction of sp³-hybridized carbons (Fsp3) is 0.368. The molecule has 3 aromatic rings. The second-order valence-corrected chi connectivity index (χ2v) is 12.0. The van der Waals surface area contributed by atoms with Gasteiger partial charge in [0.1, 0.15) is 16.4 Å². The molecule has 2 N–H and O–H groups in total. The summed E-state index contributed by atoms with van der Waals surface area (Å²) < 4.78 is 65.3.